The SMILES string of the molecule is C1=C(c2cc[nH]c2)c2ccsc2CC1. The molecule has 1 aliphatic carbocycles. The summed E-state index contributed by atoms with van der Waals surface area (Å²) in [5.41, 5.74) is 4.14. The molecule has 1 aliphatic rings. The first kappa shape index (κ1) is 8.06. The fourth-order valence-corrected chi connectivity index (χ4v) is 2.91. The van der Waals surface area contributed by atoms with Crippen molar-refractivity contribution in [3.05, 3.63) is 52.0 Å². The first-order chi connectivity index (χ1) is 6.95. The van der Waals surface area contributed by atoms with Crippen LogP contribution in [0.4, 0.5) is 0 Å². The Bertz CT molecular complexity index is 462. The summed E-state index contributed by atoms with van der Waals surface area (Å²) in [6.45, 7) is 0. The van der Waals surface area contributed by atoms with E-state index in [0.717, 1.165) is 0 Å². The summed E-state index contributed by atoms with van der Waals surface area (Å²) in [6.07, 6.45) is 8.78. The molecular weight excluding hydrogens is 190 g/mol. The first-order valence-corrected chi connectivity index (χ1v) is 5.73. The van der Waals surface area contributed by atoms with E-state index in [9.17, 15) is 0 Å². The van der Waals surface area contributed by atoms with Crippen molar-refractivity contribution >= 4 is 16.9 Å². The topological polar surface area (TPSA) is 15.8 Å². The summed E-state index contributed by atoms with van der Waals surface area (Å²) < 4.78 is 0. The van der Waals surface area contributed by atoms with Crippen LogP contribution in [-0.4, -0.2) is 4.98 Å². The summed E-state index contributed by atoms with van der Waals surface area (Å²) in [6, 6.07) is 4.37. The molecule has 0 unspecified atom stereocenters. The van der Waals surface area contributed by atoms with Crippen molar-refractivity contribution in [2.45, 2.75) is 12.8 Å². The molecule has 0 aromatic carbocycles. The Labute approximate surface area is 87.1 Å². The molecule has 70 valence electrons. The Hall–Kier alpha value is -1.28. The lowest BCUT2D eigenvalue weighted by Gasteiger charge is -2.12. The van der Waals surface area contributed by atoms with Crippen LogP contribution < -0.4 is 0 Å². The van der Waals surface area contributed by atoms with E-state index in [4.69, 9.17) is 0 Å². The number of aromatic nitrogens is 1. The lowest BCUT2D eigenvalue weighted by atomic mass is 9.94. The van der Waals surface area contributed by atoms with E-state index in [2.05, 4.69) is 34.8 Å². The Kier molecular flexibility index (Phi) is 1.81. The van der Waals surface area contributed by atoms with Crippen molar-refractivity contribution in [2.24, 2.45) is 0 Å². The summed E-state index contributed by atoms with van der Waals surface area (Å²) >= 11 is 1.88. The lowest BCUT2D eigenvalue weighted by Crippen LogP contribution is -1.95. The lowest BCUT2D eigenvalue weighted by molar-refractivity contribution is 1.01. The van der Waals surface area contributed by atoms with Gasteiger partial charge in [-0.1, -0.05) is 6.08 Å². The maximum atomic E-state index is 3.11. The average molecular weight is 201 g/mol. The minimum absolute atomic E-state index is 1.17. The summed E-state index contributed by atoms with van der Waals surface area (Å²) in [7, 11) is 0. The highest BCUT2D eigenvalue weighted by molar-refractivity contribution is 7.10. The second kappa shape index (κ2) is 3.14. The zero-order chi connectivity index (χ0) is 9.38. The van der Waals surface area contributed by atoms with Crippen molar-refractivity contribution in [3.63, 3.8) is 0 Å². The number of H-pyrrole nitrogens is 1. The first-order valence-electron chi connectivity index (χ1n) is 4.85. The number of thiophene rings is 1. The van der Waals surface area contributed by atoms with Gasteiger partial charge in [-0.2, -0.15) is 0 Å². The zero-order valence-corrected chi connectivity index (χ0v) is 8.60. The molecule has 0 aliphatic heterocycles. The van der Waals surface area contributed by atoms with Crippen LogP contribution in [0.15, 0.2) is 36.0 Å². The Balaban J connectivity index is 2.14. The molecule has 0 amide bonds. The standard InChI is InChI=1S/C12H11NS/c1-2-10(9-4-6-13-8-9)11-5-7-14-12(11)3-1/h2,4-8,13H,1,3H2. The molecule has 2 heteroatoms. The predicted molar refractivity (Wildman–Crippen MR) is 60.5 cm³/mol. The van der Waals surface area contributed by atoms with Crippen molar-refractivity contribution in [3.8, 4) is 0 Å². The molecule has 2 aromatic heterocycles. The van der Waals surface area contributed by atoms with Crippen molar-refractivity contribution < 1.29 is 0 Å². The number of aryl methyl sites for hydroxylation is 1. The third kappa shape index (κ3) is 1.15. The van der Waals surface area contributed by atoms with Crippen molar-refractivity contribution in [1.82, 2.24) is 4.98 Å². The van der Waals surface area contributed by atoms with Gasteiger partial charge in [0.25, 0.3) is 0 Å². The Morgan fingerprint density at radius 1 is 1.29 bits per heavy atom. The van der Waals surface area contributed by atoms with Gasteiger partial charge in [-0.25, -0.2) is 0 Å². The van der Waals surface area contributed by atoms with Crippen LogP contribution in [-0.2, 0) is 6.42 Å². The highest BCUT2D eigenvalue weighted by Crippen LogP contribution is 2.34. The Morgan fingerprint density at radius 2 is 2.29 bits per heavy atom. The van der Waals surface area contributed by atoms with E-state index in [1.54, 1.807) is 0 Å². The minimum Gasteiger partial charge on any atom is -0.367 e. The summed E-state index contributed by atoms with van der Waals surface area (Å²) in [4.78, 5) is 4.64. The number of rotatable bonds is 1. The van der Waals surface area contributed by atoms with Crippen molar-refractivity contribution in [2.75, 3.05) is 0 Å². The van der Waals surface area contributed by atoms with Crippen LogP contribution >= 0.6 is 11.3 Å². The molecule has 3 rings (SSSR count). The molecular formula is C12H11NS. The number of allylic oxidation sites excluding steroid dienone is 1. The van der Waals surface area contributed by atoms with Gasteiger partial charge in [0.05, 0.1) is 0 Å². The molecule has 2 aromatic rings. The minimum atomic E-state index is 1.17. The monoisotopic (exact) mass is 201 g/mol. The highest BCUT2D eigenvalue weighted by Gasteiger charge is 2.14. The predicted octanol–water partition coefficient (Wildman–Crippen LogP) is 3.45. The second-order valence-corrected chi connectivity index (χ2v) is 4.51. The molecule has 0 spiro atoms. The van der Waals surface area contributed by atoms with Crippen LogP contribution in [0.3, 0.4) is 0 Å². The smallest absolute Gasteiger partial charge is 0.0127 e. The van der Waals surface area contributed by atoms with Gasteiger partial charge in [0.15, 0.2) is 0 Å². The number of aromatic amines is 1. The maximum Gasteiger partial charge on any atom is 0.0127 e. The quantitative estimate of drug-likeness (QED) is 0.727. The van der Waals surface area contributed by atoms with E-state index in [0.29, 0.717) is 0 Å². The van der Waals surface area contributed by atoms with E-state index in [-0.39, 0.29) is 0 Å². The highest BCUT2D eigenvalue weighted by atomic mass is 32.1. The molecule has 0 fully saturated rings. The van der Waals surface area contributed by atoms with Crippen LogP contribution in [0.2, 0.25) is 0 Å². The third-order valence-electron chi connectivity index (χ3n) is 2.66. The molecule has 0 atom stereocenters. The molecule has 0 bridgehead atoms. The van der Waals surface area contributed by atoms with Gasteiger partial charge in [-0.05, 0) is 47.1 Å². The number of nitrogens with one attached hydrogen (secondary N) is 1. The molecule has 1 N–H and O–H groups in total. The fourth-order valence-electron chi connectivity index (χ4n) is 2.00. The largest absolute Gasteiger partial charge is 0.367 e. The van der Waals surface area contributed by atoms with E-state index < -0.39 is 0 Å². The molecule has 2 heterocycles. The van der Waals surface area contributed by atoms with Gasteiger partial charge in [0.1, 0.15) is 0 Å². The maximum absolute atomic E-state index is 3.11. The van der Waals surface area contributed by atoms with Crippen LogP contribution in [0.1, 0.15) is 22.4 Å². The second-order valence-electron chi connectivity index (χ2n) is 3.51. The number of hydrogen-bond donors (Lipinski definition) is 1. The van der Waals surface area contributed by atoms with Crippen LogP contribution in [0.25, 0.3) is 5.57 Å². The van der Waals surface area contributed by atoms with Gasteiger partial charge < -0.3 is 4.98 Å². The molecule has 0 radical (unpaired) electrons. The van der Waals surface area contributed by atoms with Gasteiger partial charge in [0.2, 0.25) is 0 Å². The van der Waals surface area contributed by atoms with Gasteiger partial charge in [0, 0.05) is 17.3 Å². The van der Waals surface area contributed by atoms with Crippen LogP contribution in [0, 0.1) is 0 Å². The van der Waals surface area contributed by atoms with Gasteiger partial charge >= 0.3 is 0 Å². The molecule has 14 heavy (non-hydrogen) atoms. The van der Waals surface area contributed by atoms with Crippen molar-refractivity contribution in [1.29, 1.82) is 0 Å². The third-order valence-corrected chi connectivity index (χ3v) is 3.65. The fraction of sp³-hybridized carbons (Fsp3) is 0.167. The van der Waals surface area contributed by atoms with Gasteiger partial charge in [-0.15, -0.1) is 11.3 Å². The molecule has 0 saturated heterocycles. The van der Waals surface area contributed by atoms with Crippen LogP contribution in [0.5, 0.6) is 0 Å². The summed E-state index contributed by atoms with van der Waals surface area (Å²) in [5, 5.41) is 2.19. The number of fused-ring (bicyclic) bond motifs is 1. The molecule has 1 nitrogen and oxygen atoms in total. The average Bonchev–Trinajstić information content (AvgIpc) is 2.88. The van der Waals surface area contributed by atoms with E-state index >= 15 is 0 Å². The normalized spacial score (nSPS) is 15.0. The van der Waals surface area contributed by atoms with Gasteiger partial charge in [-0.3, -0.25) is 0 Å². The van der Waals surface area contributed by atoms with E-state index in [1.165, 1.54) is 34.4 Å². The van der Waals surface area contributed by atoms with E-state index in [1.807, 2.05) is 17.5 Å². The summed E-state index contributed by atoms with van der Waals surface area (Å²) in [5.74, 6) is 0. The molecule has 0 saturated carbocycles. The number of hydrogen-bond acceptors (Lipinski definition) is 1. The Morgan fingerprint density at radius 3 is 3.14 bits per heavy atom. The zero-order valence-electron chi connectivity index (χ0n) is 7.79.